The number of hydrogen-bond donors (Lipinski definition) is 2. The van der Waals surface area contributed by atoms with Gasteiger partial charge in [-0.2, -0.15) is 9.50 Å². The second-order valence-corrected chi connectivity index (χ2v) is 7.52. The zero-order valence-electron chi connectivity index (χ0n) is 16.1. The third-order valence-electron chi connectivity index (χ3n) is 5.75. The average Bonchev–Trinajstić information content (AvgIpc) is 3.08. The Kier molecular flexibility index (Phi) is 4.88. The molecule has 2 aromatic rings. The van der Waals surface area contributed by atoms with Crippen LogP contribution in [0.3, 0.4) is 0 Å². The van der Waals surface area contributed by atoms with Crippen molar-refractivity contribution in [3.63, 3.8) is 0 Å². The molecule has 0 radical (unpaired) electrons. The zero-order valence-corrected chi connectivity index (χ0v) is 16.1. The molecule has 0 spiro atoms. The van der Waals surface area contributed by atoms with Gasteiger partial charge in [0.1, 0.15) is 11.4 Å². The number of aryl methyl sites for hydroxylation is 1. The van der Waals surface area contributed by atoms with E-state index in [-0.39, 0.29) is 35.1 Å². The molecule has 0 aliphatic carbocycles. The number of carbonyl (C=O) groups is 2. The monoisotopic (exact) mass is 387 g/mol. The summed E-state index contributed by atoms with van der Waals surface area (Å²) in [5.74, 6) is 0.934. The van der Waals surface area contributed by atoms with Gasteiger partial charge in [-0.25, -0.2) is 4.98 Å². The molecule has 150 valence electrons. The smallest absolute Gasteiger partial charge is 0.286 e. The Morgan fingerprint density at radius 1 is 1.36 bits per heavy atom. The molecule has 10 nitrogen and oxygen atoms in total. The number of piperidine rings is 2. The van der Waals surface area contributed by atoms with Crippen molar-refractivity contribution in [2.24, 2.45) is 5.92 Å². The van der Waals surface area contributed by atoms with Crippen molar-refractivity contribution in [2.75, 3.05) is 33.2 Å². The molecule has 4 heterocycles. The Balaban J connectivity index is 1.53. The minimum absolute atomic E-state index is 0.0403. The third kappa shape index (κ3) is 3.17. The highest BCUT2D eigenvalue weighted by molar-refractivity contribution is 5.93. The first-order valence-electron chi connectivity index (χ1n) is 9.67. The van der Waals surface area contributed by atoms with Gasteiger partial charge in [0.2, 0.25) is 5.91 Å². The first kappa shape index (κ1) is 18.6. The van der Waals surface area contributed by atoms with Crippen LogP contribution < -0.4 is 10.9 Å². The number of fused-ring (bicyclic) bond motifs is 2. The highest BCUT2D eigenvalue weighted by atomic mass is 16.2. The Morgan fingerprint density at radius 2 is 2.18 bits per heavy atom. The van der Waals surface area contributed by atoms with E-state index in [1.807, 2.05) is 11.9 Å². The van der Waals surface area contributed by atoms with Gasteiger partial charge < -0.3 is 15.1 Å². The van der Waals surface area contributed by atoms with Gasteiger partial charge in [0, 0.05) is 44.8 Å². The van der Waals surface area contributed by atoms with Crippen molar-refractivity contribution in [3.8, 4) is 0 Å². The first-order valence-corrected chi connectivity index (χ1v) is 9.67. The molecular weight excluding hydrogens is 362 g/mol. The first-order chi connectivity index (χ1) is 13.5. The second kappa shape index (κ2) is 7.34. The maximum atomic E-state index is 13.0. The molecule has 2 aromatic heterocycles. The Hall–Kier alpha value is -2.75. The maximum absolute atomic E-state index is 13.0. The van der Waals surface area contributed by atoms with Crippen LogP contribution in [0.1, 0.15) is 35.4 Å². The number of carbonyl (C=O) groups excluding carboxylic acids is 2. The normalized spacial score (nSPS) is 22.6. The Labute approximate surface area is 161 Å². The molecular formula is C18H25N7O3. The maximum Gasteiger partial charge on any atom is 0.286 e. The SMILES string of the molecule is CNCCN1C(=O)CC[C@H]2CN(C(=O)c3cnc4nc(C)[nH]n4c3=O)CC[C@H]21. The largest absolute Gasteiger partial charge is 0.338 e. The lowest BCUT2D eigenvalue weighted by molar-refractivity contribution is -0.140. The van der Waals surface area contributed by atoms with E-state index >= 15 is 0 Å². The van der Waals surface area contributed by atoms with E-state index in [1.54, 1.807) is 11.8 Å². The lowest BCUT2D eigenvalue weighted by atomic mass is 9.83. The number of aromatic amines is 1. The van der Waals surface area contributed by atoms with Crippen molar-refractivity contribution in [1.29, 1.82) is 0 Å². The van der Waals surface area contributed by atoms with Crippen LogP contribution in [0.2, 0.25) is 0 Å². The standard InChI is InChI=1S/C18H25N7O3/c1-11-21-18-20-9-13(17(28)25(18)22-11)16(27)23-7-5-14-12(10-23)3-4-15(26)24(14)8-6-19-2/h9,12,14,19H,3-8,10H2,1-2H3,(H,20,21,22)/t12-,14+/m0/s1. The van der Waals surface area contributed by atoms with E-state index in [0.717, 1.165) is 19.4 Å². The van der Waals surface area contributed by atoms with Crippen LogP contribution in [0.4, 0.5) is 0 Å². The van der Waals surface area contributed by atoms with E-state index in [2.05, 4.69) is 20.4 Å². The van der Waals surface area contributed by atoms with Gasteiger partial charge in [0.05, 0.1) is 0 Å². The fraction of sp³-hybridized carbons (Fsp3) is 0.611. The van der Waals surface area contributed by atoms with Crippen molar-refractivity contribution in [2.45, 2.75) is 32.2 Å². The summed E-state index contributed by atoms with van der Waals surface area (Å²) >= 11 is 0. The molecule has 2 fully saturated rings. The van der Waals surface area contributed by atoms with Crippen molar-refractivity contribution in [1.82, 2.24) is 34.7 Å². The van der Waals surface area contributed by atoms with E-state index in [9.17, 15) is 14.4 Å². The topological polar surface area (TPSA) is 116 Å². The molecule has 0 saturated carbocycles. The number of aromatic nitrogens is 4. The molecule has 2 aliphatic heterocycles. The third-order valence-corrected chi connectivity index (χ3v) is 5.75. The van der Waals surface area contributed by atoms with Crippen LogP contribution in [0.25, 0.3) is 5.78 Å². The molecule has 0 bridgehead atoms. The number of rotatable bonds is 4. The average molecular weight is 387 g/mol. The van der Waals surface area contributed by atoms with Gasteiger partial charge in [-0.3, -0.25) is 19.5 Å². The van der Waals surface area contributed by atoms with Gasteiger partial charge in [-0.05, 0) is 32.7 Å². The summed E-state index contributed by atoms with van der Waals surface area (Å²) in [4.78, 5) is 49.9. The highest BCUT2D eigenvalue weighted by Crippen LogP contribution is 2.31. The number of H-pyrrole nitrogens is 1. The molecule has 0 unspecified atom stereocenters. The van der Waals surface area contributed by atoms with E-state index in [4.69, 9.17) is 0 Å². The molecule has 2 aliphatic rings. The van der Waals surface area contributed by atoms with Crippen LogP contribution in [-0.2, 0) is 4.79 Å². The summed E-state index contributed by atoms with van der Waals surface area (Å²) in [5, 5.41) is 5.90. The molecule has 2 amide bonds. The predicted octanol–water partition coefficient (Wildman–Crippen LogP) is -0.601. The zero-order chi connectivity index (χ0) is 19.8. The van der Waals surface area contributed by atoms with E-state index in [0.29, 0.717) is 31.9 Å². The molecule has 2 atom stereocenters. The van der Waals surface area contributed by atoms with Gasteiger partial charge in [0.25, 0.3) is 17.2 Å². The minimum atomic E-state index is -0.438. The van der Waals surface area contributed by atoms with Crippen LogP contribution in [0, 0.1) is 12.8 Å². The molecule has 28 heavy (non-hydrogen) atoms. The van der Waals surface area contributed by atoms with E-state index in [1.165, 1.54) is 10.7 Å². The lowest BCUT2D eigenvalue weighted by Gasteiger charge is -2.47. The number of amides is 2. The number of nitrogens with one attached hydrogen (secondary N) is 2. The van der Waals surface area contributed by atoms with Gasteiger partial charge >= 0.3 is 0 Å². The van der Waals surface area contributed by atoms with Crippen molar-refractivity contribution < 1.29 is 9.59 Å². The summed E-state index contributed by atoms with van der Waals surface area (Å²) in [5.41, 5.74) is -0.397. The van der Waals surface area contributed by atoms with Crippen LogP contribution in [0.5, 0.6) is 0 Å². The highest BCUT2D eigenvalue weighted by Gasteiger charge is 2.40. The summed E-state index contributed by atoms with van der Waals surface area (Å²) in [6.45, 7) is 4.24. The molecule has 10 heteroatoms. The summed E-state index contributed by atoms with van der Waals surface area (Å²) in [7, 11) is 1.87. The minimum Gasteiger partial charge on any atom is -0.338 e. The molecule has 2 saturated heterocycles. The summed E-state index contributed by atoms with van der Waals surface area (Å²) < 4.78 is 1.20. The van der Waals surface area contributed by atoms with Gasteiger partial charge in [-0.1, -0.05) is 0 Å². The summed E-state index contributed by atoms with van der Waals surface area (Å²) in [6.07, 6.45) is 3.33. The fourth-order valence-corrected chi connectivity index (χ4v) is 4.34. The van der Waals surface area contributed by atoms with Crippen molar-refractivity contribution >= 4 is 17.6 Å². The number of likely N-dealkylation sites (tertiary alicyclic amines) is 2. The van der Waals surface area contributed by atoms with Crippen molar-refractivity contribution in [3.05, 3.63) is 27.9 Å². The Bertz CT molecular complexity index is 966. The number of nitrogens with zero attached hydrogens (tertiary/aromatic N) is 5. The quantitative estimate of drug-likeness (QED) is 0.724. The molecule has 0 aromatic carbocycles. The Morgan fingerprint density at radius 3 is 2.96 bits per heavy atom. The van der Waals surface area contributed by atoms with E-state index < -0.39 is 5.56 Å². The fourth-order valence-electron chi connectivity index (χ4n) is 4.34. The van der Waals surface area contributed by atoms with Crippen LogP contribution in [0.15, 0.2) is 11.0 Å². The van der Waals surface area contributed by atoms with Gasteiger partial charge in [0.15, 0.2) is 0 Å². The van der Waals surface area contributed by atoms with Crippen LogP contribution >= 0.6 is 0 Å². The molecule has 4 rings (SSSR count). The van der Waals surface area contributed by atoms with Gasteiger partial charge in [-0.15, -0.1) is 0 Å². The summed E-state index contributed by atoms with van der Waals surface area (Å²) in [6, 6.07) is 0.163. The predicted molar refractivity (Wildman–Crippen MR) is 101 cm³/mol. The lowest BCUT2D eigenvalue weighted by Crippen LogP contribution is -2.58. The molecule has 2 N–H and O–H groups in total. The number of likely N-dealkylation sites (N-methyl/N-ethyl adjacent to an activating group) is 1. The number of hydrogen-bond acceptors (Lipinski definition) is 6. The van der Waals surface area contributed by atoms with Crippen LogP contribution in [-0.4, -0.2) is 80.5 Å². The second-order valence-electron chi connectivity index (χ2n) is 7.52.